The summed E-state index contributed by atoms with van der Waals surface area (Å²) in [5, 5.41) is -0.715. The first-order valence-corrected chi connectivity index (χ1v) is 10.4. The lowest BCUT2D eigenvalue weighted by atomic mass is 9.88. The zero-order valence-electron chi connectivity index (χ0n) is 14.9. The van der Waals surface area contributed by atoms with Crippen molar-refractivity contribution in [3.8, 4) is 0 Å². The number of methoxy groups -OCH3 is 1. The summed E-state index contributed by atoms with van der Waals surface area (Å²) in [6, 6.07) is 5.39. The summed E-state index contributed by atoms with van der Waals surface area (Å²) in [6.45, 7) is 0. The number of nitrogens with one attached hydrogen (secondary N) is 1. The van der Waals surface area contributed by atoms with E-state index in [9.17, 15) is 13.2 Å². The first-order chi connectivity index (χ1) is 11.9. The molecule has 0 heterocycles. The second kappa shape index (κ2) is 8.59. The number of benzene rings is 1. The number of rotatable bonds is 4. The molecule has 1 saturated carbocycles. The van der Waals surface area contributed by atoms with Gasteiger partial charge in [-0.2, -0.15) is 0 Å². The largest absolute Gasteiger partial charge is 0.469 e. The minimum absolute atomic E-state index is 0. The highest BCUT2D eigenvalue weighted by atomic mass is 35.5. The molecule has 0 radical (unpaired) electrons. The van der Waals surface area contributed by atoms with Crippen molar-refractivity contribution >= 4 is 34.1 Å². The van der Waals surface area contributed by atoms with Crippen LogP contribution in [0.4, 0.5) is 5.69 Å². The maximum absolute atomic E-state index is 13.0. The highest BCUT2D eigenvalue weighted by molar-refractivity contribution is 7.90. The van der Waals surface area contributed by atoms with E-state index in [4.69, 9.17) is 10.5 Å². The van der Waals surface area contributed by atoms with Gasteiger partial charge < -0.3 is 10.5 Å². The maximum Gasteiger partial charge on any atom is 0.310 e. The van der Waals surface area contributed by atoms with Gasteiger partial charge in [0.25, 0.3) is 0 Å². The summed E-state index contributed by atoms with van der Waals surface area (Å²) >= 11 is 0. The minimum atomic E-state index is -3.62. The number of fused-ring (bicyclic) bond motifs is 1. The Hall–Kier alpha value is -1.31. The normalized spacial score (nSPS) is 25.7. The molecule has 2 aliphatic rings. The average molecular weight is 403 g/mol. The smallest absolute Gasteiger partial charge is 0.310 e. The van der Waals surface area contributed by atoms with Crippen molar-refractivity contribution in [3.05, 3.63) is 29.3 Å². The number of carbonyl (C=O) groups is 1. The van der Waals surface area contributed by atoms with Crippen molar-refractivity contribution in [1.82, 2.24) is 4.72 Å². The van der Waals surface area contributed by atoms with Gasteiger partial charge in [-0.3, -0.25) is 4.79 Å². The number of carbonyl (C=O) groups excluding carboxylic acids is 1. The van der Waals surface area contributed by atoms with E-state index in [1.54, 1.807) is 0 Å². The molecule has 0 amide bonds. The summed E-state index contributed by atoms with van der Waals surface area (Å²) in [4.78, 5) is 12.0. The van der Waals surface area contributed by atoms with Crippen LogP contribution in [0.25, 0.3) is 0 Å². The Morgan fingerprint density at radius 1 is 1.19 bits per heavy atom. The first-order valence-electron chi connectivity index (χ1n) is 8.89. The zero-order chi connectivity index (χ0) is 18.0. The Morgan fingerprint density at radius 3 is 2.65 bits per heavy atom. The molecule has 3 rings (SSSR count). The van der Waals surface area contributed by atoms with Gasteiger partial charge in [-0.15, -0.1) is 12.4 Å². The number of ether oxygens (including phenoxy) is 1. The lowest BCUT2D eigenvalue weighted by Crippen LogP contribution is -2.45. The molecular formula is C18H27ClN2O4S. The van der Waals surface area contributed by atoms with Crippen LogP contribution in [0.3, 0.4) is 0 Å². The summed E-state index contributed by atoms with van der Waals surface area (Å²) < 4.78 is 33.7. The lowest BCUT2D eigenvalue weighted by Gasteiger charge is -2.32. The number of aryl methyl sites for hydroxylation is 1. The van der Waals surface area contributed by atoms with Crippen molar-refractivity contribution in [1.29, 1.82) is 0 Å². The van der Waals surface area contributed by atoms with Crippen LogP contribution in [0.2, 0.25) is 0 Å². The van der Waals surface area contributed by atoms with Gasteiger partial charge in [0, 0.05) is 11.7 Å². The molecule has 146 valence electrons. The van der Waals surface area contributed by atoms with Crippen LogP contribution in [-0.4, -0.2) is 26.7 Å². The molecule has 6 nitrogen and oxygen atoms in total. The van der Waals surface area contributed by atoms with Crippen LogP contribution in [-0.2, 0) is 26.0 Å². The van der Waals surface area contributed by atoms with Gasteiger partial charge in [-0.05, 0) is 55.4 Å². The first kappa shape index (κ1) is 21.0. The molecule has 0 spiro atoms. The van der Waals surface area contributed by atoms with Crippen LogP contribution in [0, 0.1) is 5.92 Å². The molecule has 0 aliphatic heterocycles. The predicted octanol–water partition coefficient (Wildman–Crippen LogP) is 2.72. The Balaban J connectivity index is 0.00000243. The summed E-state index contributed by atoms with van der Waals surface area (Å²) in [5.41, 5.74) is 8.64. The van der Waals surface area contributed by atoms with Crippen LogP contribution < -0.4 is 10.5 Å². The van der Waals surface area contributed by atoms with Crippen LogP contribution in [0.15, 0.2) is 18.2 Å². The van der Waals surface area contributed by atoms with Crippen molar-refractivity contribution in [2.75, 3.05) is 12.8 Å². The van der Waals surface area contributed by atoms with Gasteiger partial charge in [0.2, 0.25) is 10.0 Å². The average Bonchev–Trinajstić information content (AvgIpc) is 2.60. The molecule has 3 N–H and O–H groups in total. The van der Waals surface area contributed by atoms with Gasteiger partial charge in [-0.25, -0.2) is 13.1 Å². The minimum Gasteiger partial charge on any atom is -0.469 e. The number of nitrogen functional groups attached to an aromatic ring is 1. The van der Waals surface area contributed by atoms with E-state index in [2.05, 4.69) is 4.72 Å². The standard InChI is InChI=1S/C18H26N2O4S.ClH/c1-24-18(21)15-6-2-3-8-17(15)25(22,23)20-16-7-4-5-12-11-13(19)9-10-14(12)16;/h9-11,15-17,20H,2-8,19H2,1H3;1H. The quantitative estimate of drug-likeness (QED) is 0.596. The zero-order valence-corrected chi connectivity index (χ0v) is 16.6. The molecule has 0 aromatic heterocycles. The Morgan fingerprint density at radius 2 is 1.92 bits per heavy atom. The summed E-state index contributed by atoms with van der Waals surface area (Å²) in [5.74, 6) is -1.00. The van der Waals surface area contributed by atoms with E-state index < -0.39 is 27.2 Å². The third-order valence-corrected chi connectivity index (χ3v) is 7.37. The fourth-order valence-electron chi connectivity index (χ4n) is 4.13. The third-order valence-electron chi connectivity index (χ3n) is 5.39. The molecule has 3 atom stereocenters. The van der Waals surface area contributed by atoms with Crippen molar-refractivity contribution in [2.45, 2.75) is 56.2 Å². The van der Waals surface area contributed by atoms with Crippen LogP contribution in [0.5, 0.6) is 0 Å². The van der Waals surface area contributed by atoms with Gasteiger partial charge in [0.05, 0.1) is 18.3 Å². The second-order valence-electron chi connectivity index (χ2n) is 7.02. The van der Waals surface area contributed by atoms with E-state index in [-0.39, 0.29) is 18.4 Å². The predicted molar refractivity (Wildman–Crippen MR) is 104 cm³/mol. The molecule has 1 fully saturated rings. The number of halogens is 1. The number of esters is 1. The van der Waals surface area contributed by atoms with Gasteiger partial charge in [0.15, 0.2) is 0 Å². The number of anilines is 1. The molecular weight excluding hydrogens is 376 g/mol. The topological polar surface area (TPSA) is 98.5 Å². The fourth-order valence-corrected chi connectivity index (χ4v) is 6.10. The van der Waals surface area contributed by atoms with Gasteiger partial charge in [-0.1, -0.05) is 18.9 Å². The van der Waals surface area contributed by atoms with Gasteiger partial charge >= 0.3 is 5.97 Å². The Labute approximate surface area is 161 Å². The highest BCUT2D eigenvalue weighted by Gasteiger charge is 2.41. The highest BCUT2D eigenvalue weighted by Crippen LogP contribution is 2.35. The summed E-state index contributed by atoms with van der Waals surface area (Å²) in [7, 11) is -2.31. The van der Waals surface area contributed by atoms with Crippen LogP contribution in [0.1, 0.15) is 55.7 Å². The SMILES string of the molecule is COC(=O)C1CCCCC1S(=O)(=O)NC1CCCc2cc(N)ccc21.Cl. The molecule has 2 aliphatic carbocycles. The summed E-state index contributed by atoms with van der Waals surface area (Å²) in [6.07, 6.45) is 5.31. The number of sulfonamides is 1. The molecule has 8 heteroatoms. The van der Waals surface area contributed by atoms with E-state index >= 15 is 0 Å². The molecule has 0 bridgehead atoms. The van der Waals surface area contributed by atoms with E-state index in [1.165, 1.54) is 7.11 Å². The van der Waals surface area contributed by atoms with Gasteiger partial charge in [0.1, 0.15) is 0 Å². The monoisotopic (exact) mass is 402 g/mol. The van der Waals surface area contributed by atoms with E-state index in [0.29, 0.717) is 18.5 Å². The molecule has 3 unspecified atom stereocenters. The maximum atomic E-state index is 13.0. The van der Waals surface area contributed by atoms with Crippen molar-refractivity contribution in [3.63, 3.8) is 0 Å². The Kier molecular flexibility index (Phi) is 6.93. The third kappa shape index (κ3) is 4.32. The molecule has 26 heavy (non-hydrogen) atoms. The Bertz CT molecular complexity index is 754. The van der Waals surface area contributed by atoms with E-state index in [0.717, 1.165) is 43.2 Å². The lowest BCUT2D eigenvalue weighted by molar-refractivity contribution is -0.146. The second-order valence-corrected chi connectivity index (χ2v) is 8.95. The molecule has 1 aromatic rings. The van der Waals surface area contributed by atoms with Crippen molar-refractivity contribution < 1.29 is 17.9 Å². The van der Waals surface area contributed by atoms with E-state index in [1.807, 2.05) is 18.2 Å². The van der Waals surface area contributed by atoms with Crippen molar-refractivity contribution in [2.24, 2.45) is 5.92 Å². The molecule has 1 aromatic carbocycles. The number of hydrogen-bond donors (Lipinski definition) is 2. The fraction of sp³-hybridized carbons (Fsp3) is 0.611. The molecule has 0 saturated heterocycles. The van der Waals surface area contributed by atoms with Crippen LogP contribution >= 0.6 is 12.4 Å². The number of nitrogens with two attached hydrogens (primary N) is 1. The number of hydrogen-bond acceptors (Lipinski definition) is 5.